The van der Waals surface area contributed by atoms with Gasteiger partial charge in [0.15, 0.2) is 0 Å². The Morgan fingerprint density at radius 2 is 2.00 bits per heavy atom. The first-order valence-electron chi connectivity index (χ1n) is 4.44. The van der Waals surface area contributed by atoms with Crippen molar-refractivity contribution in [3.8, 4) is 12.3 Å². The Morgan fingerprint density at radius 1 is 1.36 bits per heavy atom. The van der Waals surface area contributed by atoms with Gasteiger partial charge in [-0.15, -0.1) is 18.2 Å². The highest BCUT2D eigenvalue weighted by Gasteiger charge is 2.15. The lowest BCUT2D eigenvalue weighted by atomic mass is 10.0. The molecule has 0 aromatic heterocycles. The summed E-state index contributed by atoms with van der Waals surface area (Å²) in [6, 6.07) is 0. The van der Waals surface area contributed by atoms with Crippen molar-refractivity contribution >= 4 is 11.8 Å². The van der Waals surface area contributed by atoms with Crippen LogP contribution in [0.15, 0.2) is 0 Å². The number of rotatable bonds is 2. The van der Waals surface area contributed by atoms with Crippen LogP contribution in [0.2, 0.25) is 0 Å². The third-order valence-corrected chi connectivity index (χ3v) is 3.58. The van der Waals surface area contributed by atoms with Gasteiger partial charge < -0.3 is 0 Å². The van der Waals surface area contributed by atoms with Gasteiger partial charge in [-0.2, -0.15) is 0 Å². The van der Waals surface area contributed by atoms with Crippen LogP contribution in [-0.4, -0.2) is 10.5 Å². The second-order valence-corrected chi connectivity index (χ2v) is 4.85. The molecule has 0 nitrogen and oxygen atoms in total. The Morgan fingerprint density at radius 3 is 2.55 bits per heavy atom. The highest BCUT2D eigenvalue weighted by atomic mass is 32.2. The Hall–Kier alpha value is -0.0900. The van der Waals surface area contributed by atoms with Gasteiger partial charge in [-0.3, -0.25) is 0 Å². The highest BCUT2D eigenvalue weighted by molar-refractivity contribution is 8.00. The van der Waals surface area contributed by atoms with Crippen molar-refractivity contribution in [1.82, 2.24) is 0 Å². The summed E-state index contributed by atoms with van der Waals surface area (Å²) in [6.45, 7) is 2.12. The molecule has 0 radical (unpaired) electrons. The van der Waals surface area contributed by atoms with Gasteiger partial charge in [-0.25, -0.2) is 0 Å². The predicted molar refractivity (Wildman–Crippen MR) is 52.8 cm³/mol. The fourth-order valence-corrected chi connectivity index (χ4v) is 2.79. The monoisotopic (exact) mass is 168 g/mol. The molecular formula is C10H16S. The number of terminal acetylenes is 1. The third-order valence-electron chi connectivity index (χ3n) is 2.18. The lowest BCUT2D eigenvalue weighted by molar-refractivity contribution is 0.515. The normalized spacial score (nSPS) is 22.5. The minimum absolute atomic E-state index is 0.415. The maximum Gasteiger partial charge on any atom is 0.0629 e. The summed E-state index contributed by atoms with van der Waals surface area (Å²) >= 11 is 1.98. The van der Waals surface area contributed by atoms with Crippen molar-refractivity contribution in [3.05, 3.63) is 0 Å². The van der Waals surface area contributed by atoms with E-state index in [0.717, 1.165) is 5.25 Å². The first-order chi connectivity index (χ1) is 5.33. The maximum absolute atomic E-state index is 5.32. The van der Waals surface area contributed by atoms with Gasteiger partial charge in [0.2, 0.25) is 0 Å². The van der Waals surface area contributed by atoms with Crippen LogP contribution in [0.1, 0.15) is 39.0 Å². The summed E-state index contributed by atoms with van der Waals surface area (Å²) in [4.78, 5) is 0. The number of hydrogen-bond acceptors (Lipinski definition) is 1. The molecule has 1 unspecified atom stereocenters. The molecule has 0 spiro atoms. The van der Waals surface area contributed by atoms with E-state index in [1.54, 1.807) is 0 Å². The average Bonchev–Trinajstić information content (AvgIpc) is 2.06. The molecule has 1 aliphatic rings. The van der Waals surface area contributed by atoms with Gasteiger partial charge in [-0.1, -0.05) is 25.2 Å². The van der Waals surface area contributed by atoms with E-state index in [9.17, 15) is 0 Å². The molecule has 0 saturated heterocycles. The van der Waals surface area contributed by atoms with E-state index in [2.05, 4.69) is 12.8 Å². The number of thioether (sulfide) groups is 1. The van der Waals surface area contributed by atoms with Crippen LogP contribution in [0.25, 0.3) is 0 Å². The quantitative estimate of drug-likeness (QED) is 0.571. The van der Waals surface area contributed by atoms with Crippen molar-refractivity contribution < 1.29 is 0 Å². The van der Waals surface area contributed by atoms with E-state index in [1.807, 2.05) is 11.8 Å². The lowest BCUT2D eigenvalue weighted by Gasteiger charge is -2.22. The molecule has 1 atom stereocenters. The zero-order valence-corrected chi connectivity index (χ0v) is 7.99. The van der Waals surface area contributed by atoms with Crippen LogP contribution >= 0.6 is 11.8 Å². The van der Waals surface area contributed by atoms with Crippen LogP contribution < -0.4 is 0 Å². The zero-order valence-electron chi connectivity index (χ0n) is 7.18. The molecule has 11 heavy (non-hydrogen) atoms. The van der Waals surface area contributed by atoms with E-state index in [-0.39, 0.29) is 0 Å². The molecule has 1 rings (SSSR count). The molecule has 62 valence electrons. The Kier molecular flexibility index (Phi) is 3.86. The van der Waals surface area contributed by atoms with Crippen molar-refractivity contribution in [2.45, 2.75) is 49.5 Å². The van der Waals surface area contributed by atoms with Gasteiger partial charge in [0.1, 0.15) is 0 Å². The first-order valence-corrected chi connectivity index (χ1v) is 5.39. The summed E-state index contributed by atoms with van der Waals surface area (Å²) < 4.78 is 0. The van der Waals surface area contributed by atoms with Crippen LogP contribution in [0.5, 0.6) is 0 Å². The third kappa shape index (κ3) is 3.20. The molecule has 0 aromatic carbocycles. The second-order valence-electron chi connectivity index (χ2n) is 3.20. The van der Waals surface area contributed by atoms with Crippen molar-refractivity contribution in [3.63, 3.8) is 0 Å². The molecule has 0 bridgehead atoms. The molecule has 0 amide bonds. The molecule has 1 saturated carbocycles. The van der Waals surface area contributed by atoms with Gasteiger partial charge in [-0.05, 0) is 19.8 Å². The standard InChI is InChI=1S/C10H16S/c1-3-9(2)11-10-7-5-4-6-8-10/h1,9-10H,4-8H2,2H3. The minimum Gasteiger partial charge on any atom is -0.142 e. The van der Waals surface area contributed by atoms with Crippen molar-refractivity contribution in [2.75, 3.05) is 0 Å². The molecule has 1 heteroatoms. The molecule has 0 heterocycles. The first kappa shape index (κ1) is 9.00. The van der Waals surface area contributed by atoms with Gasteiger partial charge in [0, 0.05) is 5.25 Å². The second kappa shape index (κ2) is 4.72. The van der Waals surface area contributed by atoms with E-state index in [1.165, 1.54) is 32.1 Å². The summed E-state index contributed by atoms with van der Waals surface area (Å²) in [5, 5.41) is 1.27. The molecular weight excluding hydrogens is 152 g/mol. The fraction of sp³-hybridized carbons (Fsp3) is 0.800. The molecule has 0 aliphatic heterocycles. The van der Waals surface area contributed by atoms with Crippen LogP contribution in [0.3, 0.4) is 0 Å². The average molecular weight is 168 g/mol. The van der Waals surface area contributed by atoms with E-state index < -0.39 is 0 Å². The smallest absolute Gasteiger partial charge is 0.0629 e. The summed E-state index contributed by atoms with van der Waals surface area (Å²) in [5.41, 5.74) is 0. The lowest BCUT2D eigenvalue weighted by Crippen LogP contribution is -2.11. The van der Waals surface area contributed by atoms with E-state index in [4.69, 9.17) is 6.42 Å². The van der Waals surface area contributed by atoms with E-state index in [0.29, 0.717) is 5.25 Å². The summed E-state index contributed by atoms with van der Waals surface area (Å²) in [7, 11) is 0. The van der Waals surface area contributed by atoms with Crippen LogP contribution in [-0.2, 0) is 0 Å². The predicted octanol–water partition coefficient (Wildman–Crippen LogP) is 3.07. The van der Waals surface area contributed by atoms with Crippen molar-refractivity contribution in [2.24, 2.45) is 0 Å². The van der Waals surface area contributed by atoms with Crippen LogP contribution in [0, 0.1) is 12.3 Å². The molecule has 1 aliphatic carbocycles. The van der Waals surface area contributed by atoms with Gasteiger partial charge >= 0.3 is 0 Å². The Balaban J connectivity index is 2.20. The Bertz CT molecular complexity index is 139. The summed E-state index contributed by atoms with van der Waals surface area (Å²) in [5.74, 6) is 2.78. The summed E-state index contributed by atoms with van der Waals surface area (Å²) in [6.07, 6.45) is 12.3. The van der Waals surface area contributed by atoms with Gasteiger partial charge in [0.05, 0.1) is 5.25 Å². The zero-order chi connectivity index (χ0) is 8.10. The molecule has 0 N–H and O–H groups in total. The molecule has 0 aromatic rings. The SMILES string of the molecule is C#CC(C)SC1CCCCC1. The minimum atomic E-state index is 0.415. The van der Waals surface area contributed by atoms with Crippen molar-refractivity contribution in [1.29, 1.82) is 0 Å². The molecule has 1 fully saturated rings. The maximum atomic E-state index is 5.32. The highest BCUT2D eigenvalue weighted by Crippen LogP contribution is 2.30. The fourth-order valence-electron chi connectivity index (χ4n) is 1.53. The van der Waals surface area contributed by atoms with Crippen LogP contribution in [0.4, 0.5) is 0 Å². The van der Waals surface area contributed by atoms with E-state index >= 15 is 0 Å². The largest absolute Gasteiger partial charge is 0.142 e. The topological polar surface area (TPSA) is 0 Å². The van der Waals surface area contributed by atoms with Gasteiger partial charge in [0.25, 0.3) is 0 Å². The Labute approximate surface area is 74.1 Å². The number of hydrogen-bond donors (Lipinski definition) is 0.